The molecule has 0 saturated carbocycles. The highest BCUT2D eigenvalue weighted by Crippen LogP contribution is 2.42. The molecule has 0 aliphatic carbocycles. The molecule has 8 heterocycles. The summed E-state index contributed by atoms with van der Waals surface area (Å²) < 4.78 is 30.6. The average Bonchev–Trinajstić information content (AvgIpc) is 1.84. The van der Waals surface area contributed by atoms with Crippen LogP contribution in [0.4, 0.5) is 0 Å². The van der Waals surface area contributed by atoms with Gasteiger partial charge in [-0.05, 0) is 192 Å². The maximum absolute atomic E-state index is 6.37. The number of hydrogen-bond donors (Lipinski definition) is 0. The summed E-state index contributed by atoms with van der Waals surface area (Å²) in [6.45, 7) is 2.21. The molecule has 0 saturated heterocycles. The van der Waals surface area contributed by atoms with E-state index in [1.54, 1.807) is 0 Å². The Bertz CT molecular complexity index is 6770. The van der Waals surface area contributed by atoms with Gasteiger partial charge in [0.25, 0.3) is 0 Å². The highest BCUT2D eigenvalue weighted by atomic mass is 16.3. The molecule has 0 aliphatic rings. The standard InChI is InChI=1S/C82H49N7O3/c1-47-36-49(39-53(37-47)52-25-32-72-74(43-52)89-70-18-8-6-16-66(70)84-82(89)87(72)56-28-35-80-64(46-56)59-14-4-11-21-77(59)92-80)38-48-22-29-67-60(40-48)61-41-50(23-30-68(61)85(67)54-26-33-78-62(44-54)57-12-2-9-19-75(57)90-78)51-24-31-71-73(42-51)88-69-17-7-5-15-65(69)83-81(88)86(71)55-27-34-79-63(45-55)58-13-3-10-20-76(58)91-79/h2-37,39-46H,38H2,1H3. The molecule has 0 aliphatic heterocycles. The second-order valence-corrected chi connectivity index (χ2v) is 24.7. The van der Waals surface area contributed by atoms with Crippen molar-refractivity contribution in [2.75, 3.05) is 0 Å². The molecule has 0 atom stereocenters. The monoisotopic (exact) mass is 1180 g/mol. The second-order valence-electron chi connectivity index (χ2n) is 24.7. The maximum Gasteiger partial charge on any atom is 0.220 e. The predicted molar refractivity (Wildman–Crippen MR) is 374 cm³/mol. The van der Waals surface area contributed by atoms with Crippen LogP contribution in [-0.4, -0.2) is 32.5 Å². The fourth-order valence-electron chi connectivity index (χ4n) is 15.2. The van der Waals surface area contributed by atoms with Crippen LogP contribution in [0.2, 0.25) is 0 Å². The zero-order valence-corrected chi connectivity index (χ0v) is 49.5. The Morgan fingerprint density at radius 3 is 1.23 bits per heavy atom. The van der Waals surface area contributed by atoms with Crippen LogP contribution in [-0.2, 0) is 6.42 Å². The van der Waals surface area contributed by atoms with Gasteiger partial charge in [0, 0.05) is 48.8 Å². The smallest absolute Gasteiger partial charge is 0.220 e. The summed E-state index contributed by atoms with van der Waals surface area (Å²) in [5, 5.41) is 8.90. The third kappa shape index (κ3) is 7.08. The Hall–Kier alpha value is -12.4. The molecule has 0 bridgehead atoms. The summed E-state index contributed by atoms with van der Waals surface area (Å²) in [6, 6.07) is 96.1. The van der Waals surface area contributed by atoms with Crippen LogP contribution in [0.1, 0.15) is 16.7 Å². The van der Waals surface area contributed by atoms with Crippen molar-refractivity contribution < 1.29 is 13.3 Å². The van der Waals surface area contributed by atoms with Gasteiger partial charge in [-0.2, -0.15) is 0 Å². The number of benzene rings is 13. The molecule has 13 aromatic carbocycles. The Kier molecular flexibility index (Phi) is 9.89. The lowest BCUT2D eigenvalue weighted by atomic mass is 9.95. The van der Waals surface area contributed by atoms with E-state index in [0.717, 1.165) is 173 Å². The van der Waals surface area contributed by atoms with Gasteiger partial charge < -0.3 is 17.8 Å². The lowest BCUT2D eigenvalue weighted by molar-refractivity contribution is 0.668. The molecule has 21 rings (SSSR count). The van der Waals surface area contributed by atoms with Crippen LogP contribution in [0.25, 0.3) is 183 Å². The number of rotatable bonds is 7. The van der Waals surface area contributed by atoms with Crippen LogP contribution in [0.5, 0.6) is 0 Å². The highest BCUT2D eigenvalue weighted by molar-refractivity contribution is 6.13. The van der Waals surface area contributed by atoms with E-state index in [2.05, 4.69) is 260 Å². The lowest BCUT2D eigenvalue weighted by Crippen LogP contribution is -1.95. The molecule has 10 heteroatoms. The van der Waals surface area contributed by atoms with Gasteiger partial charge in [-0.3, -0.25) is 17.9 Å². The molecule has 0 spiro atoms. The van der Waals surface area contributed by atoms with Gasteiger partial charge >= 0.3 is 0 Å². The minimum atomic E-state index is 0.746. The minimum Gasteiger partial charge on any atom is -0.456 e. The normalized spacial score (nSPS) is 12.4. The summed E-state index contributed by atoms with van der Waals surface area (Å²) in [4.78, 5) is 10.6. The van der Waals surface area contributed by atoms with E-state index in [4.69, 9.17) is 23.2 Å². The largest absolute Gasteiger partial charge is 0.456 e. The van der Waals surface area contributed by atoms with Crippen LogP contribution < -0.4 is 0 Å². The van der Waals surface area contributed by atoms with E-state index < -0.39 is 0 Å². The second kappa shape index (κ2) is 18.4. The first kappa shape index (κ1) is 49.6. The zero-order valence-electron chi connectivity index (χ0n) is 49.5. The summed E-state index contributed by atoms with van der Waals surface area (Å²) in [5.41, 5.74) is 27.2. The number of furan rings is 3. The molecule has 0 fully saturated rings. The number of aromatic nitrogens is 7. The van der Waals surface area contributed by atoms with Crippen molar-refractivity contribution >= 4 is 143 Å². The van der Waals surface area contributed by atoms with Crippen LogP contribution in [0.15, 0.2) is 280 Å². The molecular formula is C82H49N7O3. The van der Waals surface area contributed by atoms with Gasteiger partial charge in [-0.1, -0.05) is 127 Å². The first-order valence-electron chi connectivity index (χ1n) is 31.2. The number of para-hydroxylation sites is 7. The molecule has 0 amide bonds. The molecule has 0 unspecified atom stereocenters. The molecule has 8 aromatic heterocycles. The fourth-order valence-corrected chi connectivity index (χ4v) is 15.2. The Balaban J connectivity index is 0.703. The quantitative estimate of drug-likeness (QED) is 0.159. The number of hydrogen-bond acceptors (Lipinski definition) is 5. The topological polar surface area (TPSA) is 88.8 Å². The van der Waals surface area contributed by atoms with E-state index >= 15 is 0 Å². The molecule has 21 aromatic rings. The van der Waals surface area contributed by atoms with E-state index in [0.29, 0.717) is 0 Å². The summed E-state index contributed by atoms with van der Waals surface area (Å²) in [6.07, 6.45) is 0.746. The van der Waals surface area contributed by atoms with Crippen LogP contribution in [0, 0.1) is 6.92 Å². The van der Waals surface area contributed by atoms with E-state index in [9.17, 15) is 0 Å². The van der Waals surface area contributed by atoms with Crippen molar-refractivity contribution in [1.82, 2.24) is 32.5 Å². The number of imidazole rings is 4. The maximum atomic E-state index is 6.37. The van der Waals surface area contributed by atoms with Gasteiger partial charge in [0.15, 0.2) is 0 Å². The van der Waals surface area contributed by atoms with Crippen molar-refractivity contribution in [1.29, 1.82) is 0 Å². The molecule has 430 valence electrons. The molecule has 0 N–H and O–H groups in total. The molecule has 92 heavy (non-hydrogen) atoms. The minimum absolute atomic E-state index is 0.746. The third-order valence-electron chi connectivity index (χ3n) is 19.3. The molecule has 0 radical (unpaired) electrons. The predicted octanol–water partition coefficient (Wildman–Crippen LogP) is 21.2. The van der Waals surface area contributed by atoms with Crippen molar-refractivity contribution in [2.24, 2.45) is 0 Å². The number of aryl methyl sites for hydroxylation is 1. The first-order chi connectivity index (χ1) is 45.4. The number of nitrogens with zero attached hydrogens (tertiary/aromatic N) is 7. The van der Waals surface area contributed by atoms with Gasteiger partial charge in [0.2, 0.25) is 11.6 Å². The lowest BCUT2D eigenvalue weighted by Gasteiger charge is -2.11. The van der Waals surface area contributed by atoms with Crippen LogP contribution >= 0.6 is 0 Å². The van der Waals surface area contributed by atoms with Crippen molar-refractivity contribution in [2.45, 2.75) is 13.3 Å². The van der Waals surface area contributed by atoms with Gasteiger partial charge in [0.05, 0.1) is 66.5 Å². The van der Waals surface area contributed by atoms with Gasteiger partial charge in [-0.15, -0.1) is 0 Å². The van der Waals surface area contributed by atoms with Gasteiger partial charge in [0.1, 0.15) is 33.5 Å². The Morgan fingerprint density at radius 2 is 0.696 bits per heavy atom. The van der Waals surface area contributed by atoms with Crippen molar-refractivity contribution in [3.8, 4) is 39.3 Å². The fraction of sp³-hybridized carbons (Fsp3) is 0.0244. The first-order valence-corrected chi connectivity index (χ1v) is 31.2. The Morgan fingerprint density at radius 1 is 0.272 bits per heavy atom. The van der Waals surface area contributed by atoms with Crippen LogP contribution in [0.3, 0.4) is 0 Å². The summed E-state index contributed by atoms with van der Waals surface area (Å²) in [5.74, 6) is 1.72. The highest BCUT2D eigenvalue weighted by Gasteiger charge is 2.24. The van der Waals surface area contributed by atoms with Crippen molar-refractivity contribution in [3.05, 3.63) is 284 Å². The van der Waals surface area contributed by atoms with E-state index in [1.165, 1.54) is 33.0 Å². The van der Waals surface area contributed by atoms with Gasteiger partial charge in [-0.25, -0.2) is 9.97 Å². The summed E-state index contributed by atoms with van der Waals surface area (Å²) >= 11 is 0. The summed E-state index contributed by atoms with van der Waals surface area (Å²) in [7, 11) is 0. The number of fused-ring (bicyclic) bond motifs is 22. The molecule has 10 nitrogen and oxygen atoms in total. The van der Waals surface area contributed by atoms with E-state index in [-0.39, 0.29) is 0 Å². The molecular weight excluding hydrogens is 1130 g/mol. The third-order valence-corrected chi connectivity index (χ3v) is 19.3. The van der Waals surface area contributed by atoms with Crippen molar-refractivity contribution in [3.63, 3.8) is 0 Å². The zero-order chi connectivity index (χ0) is 60.0. The average molecular weight is 1180 g/mol. The van der Waals surface area contributed by atoms with E-state index in [1.807, 2.05) is 36.4 Å². The Labute approximate surface area is 522 Å². The SMILES string of the molecule is Cc1cc(Cc2ccc3c(c2)c2cc(-c4ccc5c(c4)n4c6ccccc6nc4n5-c4ccc5oc6ccccc6c5c4)ccc2n3-c2ccc3oc4ccccc4c3c2)cc(-c2ccc3c(c2)n2c4ccccc4nc2n3-c2ccc3oc4ccccc4c3c2)c1.